The van der Waals surface area contributed by atoms with E-state index in [2.05, 4.69) is 0 Å². The smallest absolute Gasteiger partial charge is 0.202 e. The average molecular weight is 438 g/mol. The highest BCUT2D eigenvalue weighted by molar-refractivity contribution is 6.31. The van der Waals surface area contributed by atoms with E-state index in [1.165, 1.54) is 14.2 Å². The minimum Gasteiger partial charge on any atom is -0.507 e. The SMILES string of the molecule is COc1cccc2c1C(=O)c1c(OC)c3c(c(O)c1C2=O)C[C@@]1(CC3)OC(C)(C)O[C@@H]1C. The van der Waals surface area contributed by atoms with E-state index in [-0.39, 0.29) is 34.1 Å². The first-order valence-electron chi connectivity index (χ1n) is 10.7. The Balaban J connectivity index is 1.73. The average Bonchev–Trinajstić information content (AvgIpc) is 2.98. The highest BCUT2D eigenvalue weighted by Gasteiger charge is 2.54. The third kappa shape index (κ3) is 2.67. The van der Waals surface area contributed by atoms with Crippen LogP contribution in [0, 0.1) is 0 Å². The number of aromatic hydroxyl groups is 1. The van der Waals surface area contributed by atoms with E-state index in [1.54, 1.807) is 18.2 Å². The fraction of sp³-hybridized carbons (Fsp3) is 0.440. The number of ether oxygens (including phenoxy) is 4. The Labute approximate surface area is 186 Å². The topological polar surface area (TPSA) is 91.3 Å². The number of hydrogen-bond donors (Lipinski definition) is 1. The highest BCUT2D eigenvalue weighted by atomic mass is 16.8. The molecule has 0 radical (unpaired) electrons. The Hall–Kier alpha value is -2.90. The molecule has 0 saturated carbocycles. The first kappa shape index (κ1) is 21.0. The van der Waals surface area contributed by atoms with Crippen LogP contribution in [0.5, 0.6) is 17.2 Å². The summed E-state index contributed by atoms with van der Waals surface area (Å²) in [6, 6.07) is 4.87. The quantitative estimate of drug-likeness (QED) is 0.654. The molecular formula is C25H26O7. The summed E-state index contributed by atoms with van der Waals surface area (Å²) in [4.78, 5) is 27.1. The van der Waals surface area contributed by atoms with E-state index >= 15 is 0 Å². The van der Waals surface area contributed by atoms with Crippen molar-refractivity contribution in [3.05, 3.63) is 51.6 Å². The van der Waals surface area contributed by atoms with Crippen LogP contribution in [0.2, 0.25) is 0 Å². The fourth-order valence-corrected chi connectivity index (χ4v) is 5.60. The van der Waals surface area contributed by atoms with Gasteiger partial charge in [-0.2, -0.15) is 0 Å². The van der Waals surface area contributed by atoms with Crippen LogP contribution in [0.15, 0.2) is 18.2 Å². The number of phenols is 1. The zero-order valence-corrected chi connectivity index (χ0v) is 18.8. The standard InChI is InChI=1S/C25H26O7/c1-12-25(32-24(2,3)31-12)10-9-13-15(11-25)21(27)18-19(23(13)30-5)22(28)17-14(20(18)26)7-6-8-16(17)29-4/h6-8,12,27H,9-11H2,1-5H3/t12-,25-/m1/s1. The van der Waals surface area contributed by atoms with E-state index in [4.69, 9.17) is 18.9 Å². The monoisotopic (exact) mass is 438 g/mol. The number of rotatable bonds is 2. The highest BCUT2D eigenvalue weighted by Crippen LogP contribution is 2.52. The lowest BCUT2D eigenvalue weighted by Gasteiger charge is -2.38. The van der Waals surface area contributed by atoms with Crippen LogP contribution in [0.1, 0.15) is 70.2 Å². The van der Waals surface area contributed by atoms with Crippen molar-refractivity contribution in [3.63, 3.8) is 0 Å². The molecule has 2 aromatic carbocycles. The lowest BCUT2D eigenvalue weighted by atomic mass is 9.72. The number of ketones is 2. The van der Waals surface area contributed by atoms with Crippen molar-refractivity contribution in [2.24, 2.45) is 0 Å². The van der Waals surface area contributed by atoms with E-state index in [0.29, 0.717) is 36.3 Å². The number of carbonyl (C=O) groups excluding carboxylic acids is 2. The van der Waals surface area contributed by atoms with Crippen molar-refractivity contribution in [2.45, 2.75) is 57.5 Å². The molecule has 0 bridgehead atoms. The lowest BCUT2D eigenvalue weighted by molar-refractivity contribution is -0.164. The van der Waals surface area contributed by atoms with Gasteiger partial charge in [0.15, 0.2) is 11.6 Å². The van der Waals surface area contributed by atoms with Gasteiger partial charge in [-0.3, -0.25) is 9.59 Å². The van der Waals surface area contributed by atoms with Crippen LogP contribution < -0.4 is 9.47 Å². The maximum Gasteiger partial charge on any atom is 0.202 e. The molecule has 2 atom stereocenters. The Morgan fingerprint density at radius 1 is 1.03 bits per heavy atom. The number of benzene rings is 2. The third-order valence-electron chi connectivity index (χ3n) is 6.94. The van der Waals surface area contributed by atoms with Crippen molar-refractivity contribution in [3.8, 4) is 17.2 Å². The summed E-state index contributed by atoms with van der Waals surface area (Å²) in [7, 11) is 2.93. The molecule has 168 valence electrons. The van der Waals surface area contributed by atoms with Gasteiger partial charge in [0, 0.05) is 23.1 Å². The molecule has 7 nitrogen and oxygen atoms in total. The molecule has 7 heteroatoms. The second kappa shape index (κ2) is 6.80. The van der Waals surface area contributed by atoms with Gasteiger partial charge in [-0.1, -0.05) is 12.1 Å². The number of hydrogen-bond acceptors (Lipinski definition) is 7. The summed E-state index contributed by atoms with van der Waals surface area (Å²) in [6.45, 7) is 5.70. The van der Waals surface area contributed by atoms with E-state index in [0.717, 1.165) is 5.56 Å². The van der Waals surface area contributed by atoms with Crippen LogP contribution >= 0.6 is 0 Å². The number of methoxy groups -OCH3 is 2. The van der Waals surface area contributed by atoms with Gasteiger partial charge in [0.05, 0.1) is 37.0 Å². The van der Waals surface area contributed by atoms with Gasteiger partial charge in [0.2, 0.25) is 5.78 Å². The summed E-state index contributed by atoms with van der Waals surface area (Å²) in [5.41, 5.74) is 1.16. The molecule has 0 aromatic heterocycles. The van der Waals surface area contributed by atoms with Crippen molar-refractivity contribution in [1.82, 2.24) is 0 Å². The van der Waals surface area contributed by atoms with Crippen molar-refractivity contribution < 1.29 is 33.6 Å². The van der Waals surface area contributed by atoms with Gasteiger partial charge < -0.3 is 24.1 Å². The first-order chi connectivity index (χ1) is 15.1. The molecular weight excluding hydrogens is 412 g/mol. The molecule has 1 spiro atoms. The summed E-state index contributed by atoms with van der Waals surface area (Å²) >= 11 is 0. The van der Waals surface area contributed by atoms with Crippen LogP contribution in [0.25, 0.3) is 0 Å². The van der Waals surface area contributed by atoms with Crippen LogP contribution in [-0.2, 0) is 22.3 Å². The van der Waals surface area contributed by atoms with Gasteiger partial charge in [-0.15, -0.1) is 0 Å². The number of phenolic OH excluding ortho intramolecular Hbond substituents is 1. The van der Waals surface area contributed by atoms with Gasteiger partial charge >= 0.3 is 0 Å². The number of fused-ring (bicyclic) bond motifs is 3. The van der Waals surface area contributed by atoms with E-state index in [9.17, 15) is 14.7 Å². The summed E-state index contributed by atoms with van der Waals surface area (Å²) < 4.78 is 23.4. The van der Waals surface area contributed by atoms with Gasteiger partial charge in [-0.05, 0) is 39.7 Å². The largest absolute Gasteiger partial charge is 0.507 e. The summed E-state index contributed by atoms with van der Waals surface area (Å²) in [5, 5.41) is 11.3. The molecule has 0 amide bonds. The summed E-state index contributed by atoms with van der Waals surface area (Å²) in [6.07, 6.45) is 1.31. The molecule has 2 aromatic rings. The molecule has 2 aliphatic carbocycles. The summed E-state index contributed by atoms with van der Waals surface area (Å²) in [5.74, 6) is -1.09. The minimum atomic E-state index is -0.744. The Bertz CT molecular complexity index is 1180. The molecule has 1 fully saturated rings. The molecule has 5 rings (SSSR count). The van der Waals surface area contributed by atoms with E-state index < -0.39 is 23.0 Å². The second-order valence-corrected chi connectivity index (χ2v) is 9.13. The van der Waals surface area contributed by atoms with Crippen LogP contribution in [-0.4, -0.2) is 48.4 Å². The third-order valence-corrected chi connectivity index (χ3v) is 6.94. The molecule has 3 aliphatic rings. The first-order valence-corrected chi connectivity index (χ1v) is 10.7. The molecule has 1 aliphatic heterocycles. The van der Waals surface area contributed by atoms with Crippen LogP contribution in [0.4, 0.5) is 0 Å². The molecule has 0 unspecified atom stereocenters. The maximum atomic E-state index is 13.6. The van der Waals surface area contributed by atoms with Gasteiger partial charge in [0.1, 0.15) is 22.8 Å². The minimum absolute atomic E-state index is 0.0192. The molecule has 1 N–H and O–H groups in total. The lowest BCUT2D eigenvalue weighted by Crippen LogP contribution is -2.44. The molecule has 32 heavy (non-hydrogen) atoms. The van der Waals surface area contributed by atoms with E-state index in [1.807, 2.05) is 20.8 Å². The Kier molecular flexibility index (Phi) is 4.45. The van der Waals surface area contributed by atoms with Crippen LogP contribution in [0.3, 0.4) is 0 Å². The Morgan fingerprint density at radius 3 is 2.41 bits per heavy atom. The Morgan fingerprint density at radius 2 is 1.78 bits per heavy atom. The van der Waals surface area contributed by atoms with Crippen molar-refractivity contribution >= 4 is 11.6 Å². The predicted octanol–water partition coefficient (Wildman–Crippen LogP) is 3.58. The number of carbonyl (C=O) groups is 2. The van der Waals surface area contributed by atoms with Crippen molar-refractivity contribution in [2.75, 3.05) is 14.2 Å². The normalized spacial score (nSPS) is 25.3. The predicted molar refractivity (Wildman–Crippen MR) is 115 cm³/mol. The fourth-order valence-electron chi connectivity index (χ4n) is 5.60. The second-order valence-electron chi connectivity index (χ2n) is 9.13. The zero-order chi connectivity index (χ0) is 23.0. The van der Waals surface area contributed by atoms with Gasteiger partial charge in [0.25, 0.3) is 0 Å². The van der Waals surface area contributed by atoms with Gasteiger partial charge in [-0.25, -0.2) is 0 Å². The molecule has 1 heterocycles. The van der Waals surface area contributed by atoms with Crippen molar-refractivity contribution in [1.29, 1.82) is 0 Å². The zero-order valence-electron chi connectivity index (χ0n) is 18.8. The maximum absolute atomic E-state index is 13.6. The molecule has 1 saturated heterocycles.